The summed E-state index contributed by atoms with van der Waals surface area (Å²) >= 11 is 0. The van der Waals surface area contributed by atoms with Crippen molar-refractivity contribution in [3.8, 4) is 0 Å². The molecular weight excluding hydrogens is 219 g/mol. The Morgan fingerprint density at radius 3 is 2.50 bits per heavy atom. The monoisotopic (exact) mass is 233 g/mol. The normalized spacial score (nSPS) is 14.9. The van der Waals surface area contributed by atoms with Crippen LogP contribution in [0.15, 0.2) is 12.1 Å². The zero-order valence-corrected chi connectivity index (χ0v) is 8.88. The first-order valence-corrected chi connectivity index (χ1v) is 5.05. The Morgan fingerprint density at radius 2 is 1.94 bits per heavy atom. The minimum atomic E-state index is -1.30. The van der Waals surface area contributed by atoms with Crippen molar-refractivity contribution in [1.29, 1.82) is 0 Å². The van der Waals surface area contributed by atoms with Crippen LogP contribution in [0.1, 0.15) is 31.4 Å². The summed E-state index contributed by atoms with van der Waals surface area (Å²) in [6, 6.07) is 0.129. The van der Waals surface area contributed by atoms with Gasteiger partial charge in [0.05, 0.1) is 12.1 Å². The van der Waals surface area contributed by atoms with Crippen molar-refractivity contribution in [3.63, 3.8) is 0 Å². The van der Waals surface area contributed by atoms with Crippen LogP contribution in [0.3, 0.4) is 0 Å². The van der Waals surface area contributed by atoms with E-state index >= 15 is 0 Å². The van der Waals surface area contributed by atoms with Gasteiger partial charge in [-0.2, -0.15) is 0 Å². The number of benzene rings is 1. The molecule has 3 N–H and O–H groups in total. The van der Waals surface area contributed by atoms with Gasteiger partial charge >= 0.3 is 0 Å². The third kappa shape index (κ3) is 2.74. The Bertz CT molecular complexity index is 370. The van der Waals surface area contributed by atoms with Crippen molar-refractivity contribution in [2.24, 2.45) is 5.73 Å². The van der Waals surface area contributed by atoms with E-state index in [1.54, 1.807) is 0 Å². The van der Waals surface area contributed by atoms with Crippen molar-refractivity contribution in [1.82, 2.24) is 0 Å². The van der Waals surface area contributed by atoms with Crippen LogP contribution < -0.4 is 5.73 Å². The van der Waals surface area contributed by atoms with E-state index in [0.29, 0.717) is 18.9 Å². The highest BCUT2D eigenvalue weighted by atomic mass is 19.2. The highest BCUT2D eigenvalue weighted by Crippen LogP contribution is 2.23. The molecule has 0 bridgehead atoms. The van der Waals surface area contributed by atoms with Gasteiger partial charge in [-0.05, 0) is 12.5 Å². The second-order valence-electron chi connectivity index (χ2n) is 3.67. The summed E-state index contributed by atoms with van der Waals surface area (Å²) in [5.41, 5.74) is 5.21. The Labute approximate surface area is 91.9 Å². The average Bonchev–Trinajstić information content (AvgIpc) is 2.22. The summed E-state index contributed by atoms with van der Waals surface area (Å²) in [6.07, 6.45) is -0.0202. The molecule has 1 aromatic rings. The van der Waals surface area contributed by atoms with Crippen LogP contribution in [-0.2, 0) is 0 Å². The van der Waals surface area contributed by atoms with Crippen LogP contribution in [0.25, 0.3) is 0 Å². The number of aliphatic hydroxyl groups is 1. The Morgan fingerprint density at radius 1 is 1.31 bits per heavy atom. The van der Waals surface area contributed by atoms with Gasteiger partial charge in [0, 0.05) is 11.6 Å². The molecule has 0 fully saturated rings. The van der Waals surface area contributed by atoms with Crippen LogP contribution in [0.4, 0.5) is 13.2 Å². The van der Waals surface area contributed by atoms with E-state index in [4.69, 9.17) is 5.73 Å². The molecule has 0 radical (unpaired) electrons. The van der Waals surface area contributed by atoms with E-state index in [-0.39, 0.29) is 5.56 Å². The summed E-state index contributed by atoms with van der Waals surface area (Å²) in [6.45, 7) is 1.82. The summed E-state index contributed by atoms with van der Waals surface area (Å²) in [5.74, 6) is -3.41. The summed E-state index contributed by atoms with van der Waals surface area (Å²) in [5, 5.41) is 9.54. The van der Waals surface area contributed by atoms with Gasteiger partial charge in [-0.3, -0.25) is 0 Å². The molecule has 0 unspecified atom stereocenters. The molecule has 1 aromatic carbocycles. The molecule has 2 atom stereocenters. The van der Waals surface area contributed by atoms with Gasteiger partial charge in [-0.1, -0.05) is 13.3 Å². The van der Waals surface area contributed by atoms with E-state index < -0.39 is 29.6 Å². The lowest BCUT2D eigenvalue weighted by Crippen LogP contribution is -2.27. The first-order chi connectivity index (χ1) is 7.47. The Kier molecular flexibility index (Phi) is 4.32. The highest BCUT2D eigenvalue weighted by molar-refractivity contribution is 5.24. The van der Waals surface area contributed by atoms with Crippen LogP contribution in [0.2, 0.25) is 0 Å². The first kappa shape index (κ1) is 13.0. The fourth-order valence-electron chi connectivity index (χ4n) is 1.50. The molecule has 16 heavy (non-hydrogen) atoms. The molecule has 0 aliphatic carbocycles. The first-order valence-electron chi connectivity index (χ1n) is 5.05. The number of aliphatic hydroxyl groups excluding tert-OH is 1. The maximum atomic E-state index is 13.3. The Hall–Kier alpha value is -1.07. The van der Waals surface area contributed by atoms with E-state index in [0.717, 1.165) is 6.07 Å². The maximum absolute atomic E-state index is 13.3. The molecule has 0 aromatic heterocycles. The molecule has 0 aliphatic heterocycles. The van der Waals surface area contributed by atoms with E-state index in [1.807, 2.05) is 6.92 Å². The molecule has 0 heterocycles. The predicted molar refractivity (Wildman–Crippen MR) is 54.2 cm³/mol. The van der Waals surface area contributed by atoms with Crippen LogP contribution in [0.5, 0.6) is 0 Å². The molecule has 2 nitrogen and oxygen atoms in total. The lowest BCUT2D eigenvalue weighted by Gasteiger charge is -2.19. The van der Waals surface area contributed by atoms with Gasteiger partial charge in [-0.25, -0.2) is 13.2 Å². The van der Waals surface area contributed by atoms with Crippen molar-refractivity contribution in [3.05, 3.63) is 35.1 Å². The zero-order chi connectivity index (χ0) is 12.3. The number of rotatable bonds is 4. The van der Waals surface area contributed by atoms with Crippen molar-refractivity contribution in [2.75, 3.05) is 0 Å². The molecule has 0 saturated carbocycles. The standard InChI is InChI=1S/C11H14F3NO/c1-2-3-9(16)11(15)7-4-6(12)5-8(13)10(7)14/h4-5,9,11,16H,2-3,15H2,1H3/t9-,11+/m0/s1. The third-order valence-corrected chi connectivity index (χ3v) is 2.38. The number of nitrogens with two attached hydrogens (primary N) is 1. The van der Waals surface area contributed by atoms with E-state index in [2.05, 4.69) is 0 Å². The molecular formula is C11H14F3NO. The summed E-state index contributed by atoms with van der Waals surface area (Å²) < 4.78 is 39.1. The van der Waals surface area contributed by atoms with Gasteiger partial charge in [0.25, 0.3) is 0 Å². The number of halogens is 3. The van der Waals surface area contributed by atoms with Gasteiger partial charge in [-0.15, -0.1) is 0 Å². The molecule has 0 amide bonds. The fourth-order valence-corrected chi connectivity index (χ4v) is 1.50. The van der Waals surface area contributed by atoms with Gasteiger partial charge in [0.1, 0.15) is 5.82 Å². The smallest absolute Gasteiger partial charge is 0.163 e. The predicted octanol–water partition coefficient (Wildman–Crippen LogP) is 2.26. The molecule has 90 valence electrons. The SMILES string of the molecule is CCC[C@H](O)[C@H](N)c1cc(F)cc(F)c1F. The molecule has 5 heteroatoms. The lowest BCUT2D eigenvalue weighted by molar-refractivity contribution is 0.132. The van der Waals surface area contributed by atoms with Gasteiger partial charge in [0.15, 0.2) is 11.6 Å². The van der Waals surface area contributed by atoms with Crippen LogP contribution >= 0.6 is 0 Å². The number of hydrogen-bond donors (Lipinski definition) is 2. The van der Waals surface area contributed by atoms with Gasteiger partial charge < -0.3 is 10.8 Å². The lowest BCUT2D eigenvalue weighted by atomic mass is 9.98. The highest BCUT2D eigenvalue weighted by Gasteiger charge is 2.22. The van der Waals surface area contributed by atoms with Crippen molar-refractivity contribution < 1.29 is 18.3 Å². The Balaban J connectivity index is 3.03. The minimum absolute atomic E-state index is 0.335. The molecule has 0 spiro atoms. The third-order valence-electron chi connectivity index (χ3n) is 2.38. The quantitative estimate of drug-likeness (QED) is 0.783. The van der Waals surface area contributed by atoms with E-state index in [9.17, 15) is 18.3 Å². The summed E-state index contributed by atoms with van der Waals surface area (Å²) in [7, 11) is 0. The second-order valence-corrected chi connectivity index (χ2v) is 3.67. The molecule has 1 rings (SSSR count). The second kappa shape index (κ2) is 5.32. The largest absolute Gasteiger partial charge is 0.391 e. The molecule has 0 saturated heterocycles. The topological polar surface area (TPSA) is 46.2 Å². The average molecular weight is 233 g/mol. The van der Waals surface area contributed by atoms with Crippen molar-refractivity contribution >= 4 is 0 Å². The zero-order valence-electron chi connectivity index (χ0n) is 8.88. The fraction of sp³-hybridized carbons (Fsp3) is 0.455. The molecule has 0 aliphatic rings. The summed E-state index contributed by atoms with van der Waals surface area (Å²) in [4.78, 5) is 0. The van der Waals surface area contributed by atoms with Crippen LogP contribution in [-0.4, -0.2) is 11.2 Å². The van der Waals surface area contributed by atoms with Gasteiger partial charge in [0.2, 0.25) is 0 Å². The van der Waals surface area contributed by atoms with Crippen molar-refractivity contribution in [2.45, 2.75) is 31.9 Å². The van der Waals surface area contributed by atoms with E-state index in [1.165, 1.54) is 0 Å². The number of hydrogen-bond acceptors (Lipinski definition) is 2. The maximum Gasteiger partial charge on any atom is 0.163 e. The minimum Gasteiger partial charge on any atom is -0.391 e. The van der Waals surface area contributed by atoms with Crippen LogP contribution in [0, 0.1) is 17.5 Å².